The minimum absolute atomic E-state index is 0.0518. The van der Waals surface area contributed by atoms with Gasteiger partial charge in [-0.15, -0.1) is 0 Å². The first-order valence-electron chi connectivity index (χ1n) is 8.89. The van der Waals surface area contributed by atoms with Gasteiger partial charge in [-0.2, -0.15) is 0 Å². The molecule has 0 aliphatic heterocycles. The van der Waals surface area contributed by atoms with Crippen LogP contribution in [0, 0.1) is 5.92 Å². The highest BCUT2D eigenvalue weighted by molar-refractivity contribution is 5.84. The van der Waals surface area contributed by atoms with Crippen molar-refractivity contribution in [3.63, 3.8) is 0 Å². The lowest BCUT2D eigenvalue weighted by Gasteiger charge is -2.16. The minimum Gasteiger partial charge on any atom is -0.490 e. The molecule has 0 aliphatic rings. The second-order valence-corrected chi connectivity index (χ2v) is 6.13. The molecule has 0 saturated heterocycles. The van der Waals surface area contributed by atoms with Crippen molar-refractivity contribution in [2.75, 3.05) is 26.3 Å². The van der Waals surface area contributed by atoms with Gasteiger partial charge in [0, 0.05) is 25.1 Å². The number of aliphatic hydroxyl groups excluding tert-OH is 1. The number of para-hydroxylation sites is 1. The maximum atomic E-state index is 9.15. The number of hydrogen-bond acceptors (Lipinski definition) is 4. The third-order valence-corrected chi connectivity index (χ3v) is 3.82. The second-order valence-electron chi connectivity index (χ2n) is 6.13. The molecule has 6 nitrogen and oxygen atoms in total. The van der Waals surface area contributed by atoms with E-state index in [1.807, 2.05) is 52.0 Å². The van der Waals surface area contributed by atoms with Crippen molar-refractivity contribution in [1.82, 2.24) is 10.6 Å². The number of benzene rings is 1. The molecule has 2 unspecified atom stereocenters. The van der Waals surface area contributed by atoms with Crippen LogP contribution in [0.1, 0.15) is 39.5 Å². The Bertz CT molecular complexity index is 696. The van der Waals surface area contributed by atoms with Crippen LogP contribution in [0.15, 0.2) is 33.7 Å². The number of nitrogens with one attached hydrogen (secondary N) is 2. The number of nitrogens with zero attached hydrogens (tertiary/aromatic N) is 1. The smallest absolute Gasteiger partial charge is 0.191 e. The molecule has 2 rings (SSSR count). The van der Waals surface area contributed by atoms with Crippen molar-refractivity contribution in [2.45, 2.75) is 33.7 Å². The van der Waals surface area contributed by atoms with Crippen molar-refractivity contribution in [1.29, 1.82) is 0 Å². The number of rotatable bonds is 8. The number of hydrogen-bond donors (Lipinski definition) is 3. The van der Waals surface area contributed by atoms with E-state index in [9.17, 15) is 0 Å². The highest BCUT2D eigenvalue weighted by Crippen LogP contribution is 2.31. The summed E-state index contributed by atoms with van der Waals surface area (Å²) in [4.78, 5) is 4.52. The summed E-state index contributed by atoms with van der Waals surface area (Å²) in [5.74, 6) is 2.42. The highest BCUT2D eigenvalue weighted by atomic mass is 16.5. The highest BCUT2D eigenvalue weighted by Gasteiger charge is 2.15. The third-order valence-electron chi connectivity index (χ3n) is 3.82. The van der Waals surface area contributed by atoms with E-state index in [-0.39, 0.29) is 18.6 Å². The van der Waals surface area contributed by atoms with Crippen LogP contribution in [0.5, 0.6) is 5.75 Å². The van der Waals surface area contributed by atoms with Gasteiger partial charge in [0.25, 0.3) is 0 Å². The Morgan fingerprint density at radius 3 is 2.80 bits per heavy atom. The Balaban J connectivity index is 2.16. The first kappa shape index (κ1) is 19.1. The largest absolute Gasteiger partial charge is 0.490 e. The molecule has 138 valence electrons. The molecular weight excluding hydrogens is 318 g/mol. The predicted octanol–water partition coefficient (Wildman–Crippen LogP) is 3.08. The summed E-state index contributed by atoms with van der Waals surface area (Å²) in [7, 11) is 0. The third kappa shape index (κ3) is 5.13. The molecule has 25 heavy (non-hydrogen) atoms. The molecule has 1 aromatic heterocycles. The normalized spacial score (nSPS) is 14.4. The number of aliphatic imine (C=N–C) groups is 1. The molecule has 0 bridgehead atoms. The van der Waals surface area contributed by atoms with E-state index in [2.05, 4.69) is 15.6 Å². The molecule has 0 fully saturated rings. The Labute approximate surface area is 149 Å². The number of aliphatic hydroxyl groups is 1. The lowest BCUT2D eigenvalue weighted by atomic mass is 10.2. The Morgan fingerprint density at radius 2 is 2.12 bits per heavy atom. The van der Waals surface area contributed by atoms with E-state index in [4.69, 9.17) is 14.3 Å². The number of fused-ring (bicyclic) bond motifs is 1. The van der Waals surface area contributed by atoms with Crippen LogP contribution in [0.4, 0.5) is 0 Å². The van der Waals surface area contributed by atoms with Gasteiger partial charge in [0.1, 0.15) is 5.76 Å². The Morgan fingerprint density at radius 1 is 1.32 bits per heavy atom. The summed E-state index contributed by atoms with van der Waals surface area (Å²) in [5.41, 5.74) is 0.767. The van der Waals surface area contributed by atoms with E-state index in [1.165, 1.54) is 0 Å². The molecule has 3 N–H and O–H groups in total. The van der Waals surface area contributed by atoms with Gasteiger partial charge in [-0.25, -0.2) is 0 Å². The lowest BCUT2D eigenvalue weighted by Crippen LogP contribution is -2.39. The maximum absolute atomic E-state index is 9.15. The Kier molecular flexibility index (Phi) is 7.13. The van der Waals surface area contributed by atoms with Crippen molar-refractivity contribution < 1.29 is 14.3 Å². The maximum Gasteiger partial charge on any atom is 0.191 e. The fourth-order valence-electron chi connectivity index (χ4n) is 2.44. The van der Waals surface area contributed by atoms with Crippen molar-refractivity contribution in [3.8, 4) is 5.75 Å². The van der Waals surface area contributed by atoms with Crippen LogP contribution in [-0.4, -0.2) is 37.4 Å². The fraction of sp³-hybridized carbons (Fsp3) is 0.526. The monoisotopic (exact) mass is 347 g/mol. The second kappa shape index (κ2) is 9.32. The summed E-state index contributed by atoms with van der Waals surface area (Å²) in [6, 6.07) is 7.87. The van der Waals surface area contributed by atoms with Crippen LogP contribution in [0.2, 0.25) is 0 Å². The average Bonchev–Trinajstić information content (AvgIpc) is 3.05. The summed E-state index contributed by atoms with van der Waals surface area (Å²) >= 11 is 0. The van der Waals surface area contributed by atoms with Gasteiger partial charge in [0.15, 0.2) is 17.3 Å². The zero-order chi connectivity index (χ0) is 18.2. The molecule has 1 aromatic carbocycles. The van der Waals surface area contributed by atoms with E-state index in [0.717, 1.165) is 29.0 Å². The molecule has 6 heteroatoms. The van der Waals surface area contributed by atoms with Crippen LogP contribution in [-0.2, 0) is 0 Å². The fourth-order valence-corrected chi connectivity index (χ4v) is 2.44. The van der Waals surface area contributed by atoms with E-state index >= 15 is 0 Å². The summed E-state index contributed by atoms with van der Waals surface area (Å²) in [5, 5.41) is 16.7. The van der Waals surface area contributed by atoms with Crippen LogP contribution >= 0.6 is 0 Å². The number of furan rings is 1. The van der Waals surface area contributed by atoms with Crippen LogP contribution in [0.25, 0.3) is 11.0 Å². The molecular formula is C19H29N3O3. The quantitative estimate of drug-likeness (QED) is 0.505. The Hall–Kier alpha value is -2.21. The predicted molar refractivity (Wildman–Crippen MR) is 101 cm³/mol. The first-order chi connectivity index (χ1) is 12.1. The van der Waals surface area contributed by atoms with Crippen molar-refractivity contribution >= 4 is 16.9 Å². The number of ether oxygens (including phenoxy) is 1. The van der Waals surface area contributed by atoms with Crippen LogP contribution in [0.3, 0.4) is 0 Å². The van der Waals surface area contributed by atoms with Gasteiger partial charge < -0.3 is 24.9 Å². The van der Waals surface area contributed by atoms with Gasteiger partial charge in [-0.05, 0) is 38.8 Å². The zero-order valence-electron chi connectivity index (χ0n) is 15.5. The van der Waals surface area contributed by atoms with Crippen LogP contribution < -0.4 is 15.4 Å². The standard InChI is InChI=1S/C19H29N3O3/c1-5-20-19(21-11-13(3)12-23)22-14(4)17-10-15-8-7-9-16(24-6-2)18(15)25-17/h7-10,13-14,23H,5-6,11-12H2,1-4H3,(H2,20,21,22). The summed E-state index contributed by atoms with van der Waals surface area (Å²) in [6.07, 6.45) is 0. The molecule has 2 atom stereocenters. The van der Waals surface area contributed by atoms with Gasteiger partial charge in [0.2, 0.25) is 0 Å². The van der Waals surface area contributed by atoms with E-state index in [1.54, 1.807) is 0 Å². The van der Waals surface area contributed by atoms with Crippen molar-refractivity contribution in [2.24, 2.45) is 10.9 Å². The minimum atomic E-state index is -0.0518. The van der Waals surface area contributed by atoms with Gasteiger partial charge in [0.05, 0.1) is 12.6 Å². The molecule has 0 amide bonds. The summed E-state index contributed by atoms with van der Waals surface area (Å²) in [6.45, 7) is 10.0. The molecule has 0 saturated carbocycles. The number of guanidine groups is 1. The SMILES string of the molecule is CCNC(=NCC(C)CO)NC(C)c1cc2cccc(OCC)c2o1. The summed E-state index contributed by atoms with van der Waals surface area (Å²) < 4.78 is 11.7. The molecule has 0 radical (unpaired) electrons. The van der Waals surface area contributed by atoms with Gasteiger partial charge in [-0.3, -0.25) is 4.99 Å². The van der Waals surface area contributed by atoms with Gasteiger partial charge in [-0.1, -0.05) is 19.1 Å². The van der Waals surface area contributed by atoms with Gasteiger partial charge >= 0.3 is 0 Å². The van der Waals surface area contributed by atoms with E-state index in [0.29, 0.717) is 19.1 Å². The average molecular weight is 347 g/mol. The molecule has 0 aliphatic carbocycles. The zero-order valence-corrected chi connectivity index (χ0v) is 15.5. The molecule has 0 spiro atoms. The topological polar surface area (TPSA) is 79.0 Å². The lowest BCUT2D eigenvalue weighted by molar-refractivity contribution is 0.241. The first-order valence-corrected chi connectivity index (χ1v) is 8.89. The van der Waals surface area contributed by atoms with Crippen molar-refractivity contribution in [3.05, 3.63) is 30.0 Å². The molecule has 2 aromatic rings. The molecule has 1 heterocycles. The van der Waals surface area contributed by atoms with E-state index < -0.39 is 0 Å².